The lowest BCUT2D eigenvalue weighted by molar-refractivity contribution is -0.131. The van der Waals surface area contributed by atoms with Crippen molar-refractivity contribution in [1.82, 2.24) is 15.2 Å². The zero-order chi connectivity index (χ0) is 21.3. The molecule has 0 radical (unpaired) electrons. The zero-order valence-electron chi connectivity index (χ0n) is 16.7. The Morgan fingerprint density at radius 3 is 2.47 bits per heavy atom. The Morgan fingerprint density at radius 2 is 1.83 bits per heavy atom. The Morgan fingerprint density at radius 1 is 1.13 bits per heavy atom. The fourth-order valence-electron chi connectivity index (χ4n) is 3.47. The number of imide groups is 1. The Kier molecular flexibility index (Phi) is 5.10. The van der Waals surface area contributed by atoms with Crippen LogP contribution in [0, 0.1) is 11.3 Å². The number of benzene rings is 2. The first-order valence-corrected chi connectivity index (χ1v) is 10.5. The summed E-state index contributed by atoms with van der Waals surface area (Å²) in [6.45, 7) is 3.90. The van der Waals surface area contributed by atoms with E-state index >= 15 is 0 Å². The number of urea groups is 1. The highest BCUT2D eigenvalue weighted by molar-refractivity contribution is 7.13. The standard InChI is InChI=1S/C23H20N4O2S/c1-3-15-4-8-17(9-5-15)20-25-19(14-30-20)13-27-21(28)23(2,26-22(27)29)18-10-6-16(12-24)7-11-18/h4-11,14H,3,13H2,1-2H3,(H,26,29). The molecular formula is C23H20N4O2S. The van der Waals surface area contributed by atoms with Gasteiger partial charge in [0.05, 0.1) is 23.9 Å². The summed E-state index contributed by atoms with van der Waals surface area (Å²) in [7, 11) is 0. The van der Waals surface area contributed by atoms with Crippen molar-refractivity contribution in [3.63, 3.8) is 0 Å². The molecule has 1 aromatic heterocycles. The van der Waals surface area contributed by atoms with Gasteiger partial charge < -0.3 is 5.32 Å². The van der Waals surface area contributed by atoms with Crippen molar-refractivity contribution in [3.8, 4) is 16.6 Å². The molecule has 3 amide bonds. The number of aromatic nitrogens is 1. The van der Waals surface area contributed by atoms with Gasteiger partial charge in [-0.15, -0.1) is 11.3 Å². The van der Waals surface area contributed by atoms with Gasteiger partial charge >= 0.3 is 6.03 Å². The van der Waals surface area contributed by atoms with E-state index < -0.39 is 11.6 Å². The van der Waals surface area contributed by atoms with Crippen LogP contribution in [0.3, 0.4) is 0 Å². The van der Waals surface area contributed by atoms with E-state index in [0.717, 1.165) is 17.0 Å². The number of nitriles is 1. The van der Waals surface area contributed by atoms with Crippen LogP contribution in [0.1, 0.15) is 36.2 Å². The highest BCUT2D eigenvalue weighted by Crippen LogP contribution is 2.31. The number of thiazole rings is 1. The topological polar surface area (TPSA) is 86.1 Å². The second kappa shape index (κ2) is 7.73. The maximum absolute atomic E-state index is 13.1. The highest BCUT2D eigenvalue weighted by atomic mass is 32.1. The van der Waals surface area contributed by atoms with Crippen LogP contribution in [-0.2, 0) is 23.3 Å². The number of aryl methyl sites for hydroxylation is 1. The van der Waals surface area contributed by atoms with Crippen LogP contribution < -0.4 is 5.32 Å². The lowest BCUT2D eigenvalue weighted by Gasteiger charge is -2.22. The van der Waals surface area contributed by atoms with E-state index in [1.165, 1.54) is 21.8 Å². The van der Waals surface area contributed by atoms with Crippen molar-refractivity contribution in [2.24, 2.45) is 0 Å². The lowest BCUT2D eigenvalue weighted by Crippen LogP contribution is -2.40. The molecule has 0 bridgehead atoms. The first kappa shape index (κ1) is 19.8. The molecule has 6 nitrogen and oxygen atoms in total. The smallest absolute Gasteiger partial charge is 0.319 e. The number of carbonyl (C=O) groups is 2. The number of nitrogens with one attached hydrogen (secondary N) is 1. The van der Waals surface area contributed by atoms with Gasteiger partial charge in [0.15, 0.2) is 0 Å². The molecule has 7 heteroatoms. The summed E-state index contributed by atoms with van der Waals surface area (Å²) in [5.41, 5.74) is 2.91. The van der Waals surface area contributed by atoms with Gasteiger partial charge in [0.2, 0.25) is 0 Å². The van der Waals surface area contributed by atoms with Gasteiger partial charge in [-0.2, -0.15) is 5.26 Å². The average molecular weight is 417 g/mol. The molecule has 2 heterocycles. The Hall–Kier alpha value is -3.50. The predicted molar refractivity (Wildman–Crippen MR) is 115 cm³/mol. The fraction of sp³-hybridized carbons (Fsp3) is 0.217. The lowest BCUT2D eigenvalue weighted by atomic mass is 9.91. The number of carbonyl (C=O) groups excluding carboxylic acids is 2. The number of hydrogen-bond acceptors (Lipinski definition) is 5. The molecule has 1 N–H and O–H groups in total. The van der Waals surface area contributed by atoms with Gasteiger partial charge in [0.1, 0.15) is 10.5 Å². The van der Waals surface area contributed by atoms with E-state index in [4.69, 9.17) is 5.26 Å². The van der Waals surface area contributed by atoms with Crippen LogP contribution in [-0.4, -0.2) is 21.8 Å². The van der Waals surface area contributed by atoms with Crippen LogP contribution in [0.15, 0.2) is 53.9 Å². The fourth-order valence-corrected chi connectivity index (χ4v) is 4.29. The molecule has 1 aliphatic rings. The second-order valence-corrected chi connectivity index (χ2v) is 8.19. The number of nitrogens with zero attached hydrogens (tertiary/aromatic N) is 3. The molecule has 150 valence electrons. The summed E-state index contributed by atoms with van der Waals surface area (Å²) in [4.78, 5) is 31.5. The van der Waals surface area contributed by atoms with Gasteiger partial charge in [-0.25, -0.2) is 9.78 Å². The summed E-state index contributed by atoms with van der Waals surface area (Å²) in [6, 6.07) is 16.5. The third-order valence-corrected chi connectivity index (χ3v) is 6.29. The molecular weight excluding hydrogens is 396 g/mol. The molecule has 1 fully saturated rings. The molecule has 30 heavy (non-hydrogen) atoms. The van der Waals surface area contributed by atoms with Crippen molar-refractivity contribution in [2.45, 2.75) is 32.4 Å². The van der Waals surface area contributed by atoms with E-state index in [9.17, 15) is 9.59 Å². The monoisotopic (exact) mass is 416 g/mol. The Labute approximate surface area is 178 Å². The normalized spacial score (nSPS) is 18.4. The summed E-state index contributed by atoms with van der Waals surface area (Å²) in [5.74, 6) is -0.334. The largest absolute Gasteiger partial charge is 0.325 e. The predicted octanol–water partition coefficient (Wildman–Crippen LogP) is 4.21. The first-order valence-electron chi connectivity index (χ1n) is 9.63. The van der Waals surface area contributed by atoms with Crippen molar-refractivity contribution in [1.29, 1.82) is 5.26 Å². The van der Waals surface area contributed by atoms with Crippen LogP contribution >= 0.6 is 11.3 Å². The summed E-state index contributed by atoms with van der Waals surface area (Å²) in [6.07, 6.45) is 0.980. The second-order valence-electron chi connectivity index (χ2n) is 7.33. The molecule has 4 rings (SSSR count). The Balaban J connectivity index is 1.53. The SMILES string of the molecule is CCc1ccc(-c2nc(CN3C(=O)NC(C)(c4ccc(C#N)cc4)C3=O)cs2)cc1. The van der Waals surface area contributed by atoms with E-state index in [2.05, 4.69) is 35.4 Å². The molecule has 1 aliphatic heterocycles. The van der Waals surface area contributed by atoms with E-state index in [-0.39, 0.29) is 12.5 Å². The van der Waals surface area contributed by atoms with Crippen LogP contribution in [0.2, 0.25) is 0 Å². The molecule has 1 unspecified atom stereocenters. The van der Waals surface area contributed by atoms with Crippen molar-refractivity contribution >= 4 is 23.3 Å². The molecule has 1 saturated heterocycles. The summed E-state index contributed by atoms with van der Waals surface area (Å²) in [5, 5.41) is 14.5. The maximum Gasteiger partial charge on any atom is 0.325 e. The number of rotatable bonds is 5. The van der Waals surface area contributed by atoms with Gasteiger partial charge in [-0.1, -0.05) is 43.3 Å². The average Bonchev–Trinajstić information content (AvgIpc) is 3.33. The van der Waals surface area contributed by atoms with E-state index in [0.29, 0.717) is 16.8 Å². The third-order valence-electron chi connectivity index (χ3n) is 5.35. The number of hydrogen-bond donors (Lipinski definition) is 1. The zero-order valence-corrected chi connectivity index (χ0v) is 17.5. The van der Waals surface area contributed by atoms with Crippen LogP contribution in [0.25, 0.3) is 10.6 Å². The molecule has 0 aliphatic carbocycles. The molecule has 0 spiro atoms. The summed E-state index contributed by atoms with van der Waals surface area (Å²) < 4.78 is 0. The molecule has 1 atom stereocenters. The minimum atomic E-state index is -1.17. The van der Waals surface area contributed by atoms with Crippen LogP contribution in [0.5, 0.6) is 0 Å². The van der Waals surface area contributed by atoms with E-state index in [1.54, 1.807) is 31.2 Å². The molecule has 0 saturated carbocycles. The van der Waals surface area contributed by atoms with Gasteiger partial charge in [0.25, 0.3) is 5.91 Å². The summed E-state index contributed by atoms with van der Waals surface area (Å²) >= 11 is 1.49. The van der Waals surface area contributed by atoms with E-state index in [1.807, 2.05) is 17.5 Å². The minimum Gasteiger partial charge on any atom is -0.319 e. The third kappa shape index (κ3) is 3.46. The number of amides is 3. The minimum absolute atomic E-state index is 0.111. The maximum atomic E-state index is 13.1. The molecule has 3 aromatic rings. The van der Waals surface area contributed by atoms with Gasteiger partial charge in [-0.05, 0) is 36.6 Å². The van der Waals surface area contributed by atoms with Crippen LogP contribution in [0.4, 0.5) is 4.79 Å². The first-order chi connectivity index (χ1) is 14.4. The van der Waals surface area contributed by atoms with Gasteiger partial charge in [-0.3, -0.25) is 9.69 Å². The van der Waals surface area contributed by atoms with Gasteiger partial charge in [0, 0.05) is 10.9 Å². The quantitative estimate of drug-likeness (QED) is 0.631. The molecule has 2 aromatic carbocycles. The van der Waals surface area contributed by atoms with Crippen molar-refractivity contribution in [2.75, 3.05) is 0 Å². The highest BCUT2D eigenvalue weighted by Gasteiger charge is 2.49. The van der Waals surface area contributed by atoms with Crippen molar-refractivity contribution < 1.29 is 9.59 Å². The Bertz CT molecular complexity index is 1150. The van der Waals surface area contributed by atoms with Crippen molar-refractivity contribution in [3.05, 3.63) is 76.3 Å².